The summed E-state index contributed by atoms with van der Waals surface area (Å²) in [4.78, 5) is 16.9. The molecule has 102 valence electrons. The summed E-state index contributed by atoms with van der Waals surface area (Å²) in [6.07, 6.45) is 6.17. The SMILES string of the molecule is O=C1[C@@H]2CN(Cc3ccoc3)C[C@@H]2CN1CC1CC1. The first-order chi connectivity index (χ1) is 9.29. The summed E-state index contributed by atoms with van der Waals surface area (Å²) in [5.41, 5.74) is 1.21. The van der Waals surface area contributed by atoms with E-state index < -0.39 is 0 Å². The molecule has 3 heterocycles. The molecular formula is C15H20N2O2. The van der Waals surface area contributed by atoms with E-state index in [-0.39, 0.29) is 5.92 Å². The average Bonchev–Trinajstić information content (AvgIpc) is 2.81. The monoisotopic (exact) mass is 260 g/mol. The van der Waals surface area contributed by atoms with Gasteiger partial charge in [0.2, 0.25) is 5.91 Å². The molecule has 1 aromatic rings. The third-order valence-electron chi connectivity index (χ3n) is 4.76. The number of amides is 1. The topological polar surface area (TPSA) is 36.7 Å². The summed E-state index contributed by atoms with van der Waals surface area (Å²) in [6.45, 7) is 4.91. The van der Waals surface area contributed by atoms with Crippen LogP contribution >= 0.6 is 0 Å². The van der Waals surface area contributed by atoms with Crippen LogP contribution in [0.15, 0.2) is 23.0 Å². The Kier molecular flexibility index (Phi) is 2.65. The van der Waals surface area contributed by atoms with Crippen molar-refractivity contribution in [2.75, 3.05) is 26.2 Å². The Balaban J connectivity index is 1.37. The first kappa shape index (κ1) is 11.5. The lowest BCUT2D eigenvalue weighted by Crippen LogP contribution is -2.33. The van der Waals surface area contributed by atoms with Crippen molar-refractivity contribution in [3.8, 4) is 0 Å². The zero-order chi connectivity index (χ0) is 12.8. The zero-order valence-corrected chi connectivity index (χ0v) is 11.1. The molecule has 2 atom stereocenters. The fraction of sp³-hybridized carbons (Fsp3) is 0.667. The number of likely N-dealkylation sites (tertiary alicyclic amines) is 2. The van der Waals surface area contributed by atoms with Crippen LogP contribution in [-0.2, 0) is 11.3 Å². The highest BCUT2D eigenvalue weighted by Gasteiger charge is 2.46. The average molecular weight is 260 g/mol. The Bertz CT molecular complexity index is 466. The van der Waals surface area contributed by atoms with Crippen LogP contribution in [0, 0.1) is 17.8 Å². The maximum absolute atomic E-state index is 12.4. The molecule has 4 rings (SSSR count). The fourth-order valence-corrected chi connectivity index (χ4v) is 3.58. The Hall–Kier alpha value is -1.29. The molecule has 0 aromatic carbocycles. The molecule has 2 aliphatic heterocycles. The number of furan rings is 1. The van der Waals surface area contributed by atoms with Gasteiger partial charge in [-0.15, -0.1) is 0 Å². The number of rotatable bonds is 4. The Morgan fingerprint density at radius 2 is 2.16 bits per heavy atom. The number of nitrogens with zero attached hydrogens (tertiary/aromatic N) is 2. The molecule has 1 aliphatic carbocycles. The molecule has 3 aliphatic rings. The van der Waals surface area contributed by atoms with E-state index in [2.05, 4.69) is 9.80 Å². The second-order valence-electron chi connectivity index (χ2n) is 6.38. The summed E-state index contributed by atoms with van der Waals surface area (Å²) in [5, 5.41) is 0. The van der Waals surface area contributed by atoms with Gasteiger partial charge in [-0.2, -0.15) is 0 Å². The number of hydrogen-bond donors (Lipinski definition) is 0. The molecule has 2 saturated heterocycles. The van der Waals surface area contributed by atoms with Crippen molar-refractivity contribution >= 4 is 5.91 Å². The van der Waals surface area contributed by atoms with Crippen LogP contribution in [0.25, 0.3) is 0 Å². The highest BCUT2D eigenvalue weighted by atomic mass is 16.3. The molecular weight excluding hydrogens is 240 g/mol. The Labute approximate surface area is 113 Å². The molecule has 3 fully saturated rings. The highest BCUT2D eigenvalue weighted by Crippen LogP contribution is 2.36. The second kappa shape index (κ2) is 4.37. The lowest BCUT2D eigenvalue weighted by atomic mass is 10.0. The molecule has 0 radical (unpaired) electrons. The van der Waals surface area contributed by atoms with Gasteiger partial charge in [-0.3, -0.25) is 9.69 Å². The zero-order valence-electron chi connectivity index (χ0n) is 11.1. The predicted molar refractivity (Wildman–Crippen MR) is 70.3 cm³/mol. The summed E-state index contributed by atoms with van der Waals surface area (Å²) >= 11 is 0. The van der Waals surface area contributed by atoms with Gasteiger partial charge < -0.3 is 9.32 Å². The number of carbonyl (C=O) groups excluding carboxylic acids is 1. The van der Waals surface area contributed by atoms with E-state index in [1.165, 1.54) is 18.4 Å². The molecule has 1 saturated carbocycles. The van der Waals surface area contributed by atoms with Crippen molar-refractivity contribution in [2.45, 2.75) is 19.4 Å². The summed E-state index contributed by atoms with van der Waals surface area (Å²) in [5.74, 6) is 2.03. The molecule has 1 aromatic heterocycles. The van der Waals surface area contributed by atoms with E-state index in [1.54, 1.807) is 12.5 Å². The van der Waals surface area contributed by atoms with Gasteiger partial charge in [0.05, 0.1) is 18.4 Å². The fourth-order valence-electron chi connectivity index (χ4n) is 3.58. The highest BCUT2D eigenvalue weighted by molar-refractivity contribution is 5.82. The summed E-state index contributed by atoms with van der Waals surface area (Å²) in [6, 6.07) is 2.01. The van der Waals surface area contributed by atoms with Crippen molar-refractivity contribution < 1.29 is 9.21 Å². The van der Waals surface area contributed by atoms with Gasteiger partial charge in [0.1, 0.15) is 0 Å². The van der Waals surface area contributed by atoms with Crippen LogP contribution in [0.3, 0.4) is 0 Å². The molecule has 0 unspecified atom stereocenters. The van der Waals surface area contributed by atoms with E-state index in [0.29, 0.717) is 11.8 Å². The Morgan fingerprint density at radius 1 is 1.26 bits per heavy atom. The van der Waals surface area contributed by atoms with Gasteiger partial charge >= 0.3 is 0 Å². The number of fused-ring (bicyclic) bond motifs is 1. The summed E-state index contributed by atoms with van der Waals surface area (Å²) < 4.78 is 5.11. The van der Waals surface area contributed by atoms with Crippen molar-refractivity contribution in [2.24, 2.45) is 17.8 Å². The predicted octanol–water partition coefficient (Wildman–Crippen LogP) is 1.58. The van der Waals surface area contributed by atoms with Gasteiger partial charge in [-0.1, -0.05) is 0 Å². The Morgan fingerprint density at radius 3 is 2.84 bits per heavy atom. The molecule has 4 nitrogen and oxygen atoms in total. The lowest BCUT2D eigenvalue weighted by molar-refractivity contribution is -0.131. The normalized spacial score (nSPS) is 31.2. The number of hydrogen-bond acceptors (Lipinski definition) is 3. The van der Waals surface area contributed by atoms with Crippen LogP contribution in [-0.4, -0.2) is 41.9 Å². The minimum Gasteiger partial charge on any atom is -0.472 e. The van der Waals surface area contributed by atoms with Gasteiger partial charge in [0.25, 0.3) is 0 Å². The van der Waals surface area contributed by atoms with E-state index in [1.807, 2.05) is 6.07 Å². The summed E-state index contributed by atoms with van der Waals surface area (Å²) in [7, 11) is 0. The van der Waals surface area contributed by atoms with Crippen molar-refractivity contribution in [1.82, 2.24) is 9.80 Å². The number of carbonyl (C=O) groups is 1. The minimum absolute atomic E-state index is 0.255. The minimum atomic E-state index is 0.255. The van der Waals surface area contributed by atoms with Crippen molar-refractivity contribution in [3.05, 3.63) is 24.2 Å². The quantitative estimate of drug-likeness (QED) is 0.824. The van der Waals surface area contributed by atoms with E-state index in [9.17, 15) is 4.79 Å². The van der Waals surface area contributed by atoms with Crippen LogP contribution in [0.4, 0.5) is 0 Å². The molecule has 0 N–H and O–H groups in total. The van der Waals surface area contributed by atoms with Crippen molar-refractivity contribution in [3.63, 3.8) is 0 Å². The molecule has 0 bridgehead atoms. The maximum atomic E-state index is 12.4. The van der Waals surface area contributed by atoms with Gasteiger partial charge in [-0.25, -0.2) is 0 Å². The third-order valence-corrected chi connectivity index (χ3v) is 4.76. The largest absolute Gasteiger partial charge is 0.472 e. The molecule has 19 heavy (non-hydrogen) atoms. The van der Waals surface area contributed by atoms with Gasteiger partial charge in [-0.05, 0) is 24.8 Å². The van der Waals surface area contributed by atoms with E-state index in [4.69, 9.17) is 4.42 Å². The maximum Gasteiger partial charge on any atom is 0.227 e. The van der Waals surface area contributed by atoms with Crippen LogP contribution in [0.5, 0.6) is 0 Å². The standard InChI is InChI=1S/C15H20N2O2/c18-15-14-9-16(5-12-3-4-19-10-12)7-13(14)8-17(15)6-11-1-2-11/h3-4,10-11,13-14H,1-2,5-9H2/t13-,14-/m1/s1. The second-order valence-corrected chi connectivity index (χ2v) is 6.38. The van der Waals surface area contributed by atoms with Gasteiger partial charge in [0.15, 0.2) is 0 Å². The molecule has 4 heteroatoms. The van der Waals surface area contributed by atoms with Crippen molar-refractivity contribution in [1.29, 1.82) is 0 Å². The van der Waals surface area contributed by atoms with E-state index in [0.717, 1.165) is 38.6 Å². The van der Waals surface area contributed by atoms with Crippen LogP contribution in [0.1, 0.15) is 18.4 Å². The first-order valence-corrected chi connectivity index (χ1v) is 7.32. The van der Waals surface area contributed by atoms with Gasteiger partial charge in [0, 0.05) is 44.2 Å². The molecule has 1 amide bonds. The van der Waals surface area contributed by atoms with E-state index >= 15 is 0 Å². The lowest BCUT2D eigenvalue weighted by Gasteiger charge is -2.21. The van der Waals surface area contributed by atoms with Crippen LogP contribution in [0.2, 0.25) is 0 Å². The molecule has 0 spiro atoms. The van der Waals surface area contributed by atoms with Crippen LogP contribution < -0.4 is 0 Å². The smallest absolute Gasteiger partial charge is 0.227 e. The third kappa shape index (κ3) is 2.18. The first-order valence-electron chi connectivity index (χ1n) is 7.32.